The van der Waals surface area contributed by atoms with Crippen LogP contribution in [0.1, 0.15) is 56.6 Å². The zero-order chi connectivity index (χ0) is 21.3. The lowest BCUT2D eigenvalue weighted by molar-refractivity contribution is -0.159. The minimum Gasteiger partial charge on any atom is -0.394 e. The number of hydrogen-bond donors (Lipinski definition) is 2. The minimum atomic E-state index is -0.227. The minimum absolute atomic E-state index is 0.0214. The molecular formula is C24H31N3O3. The van der Waals surface area contributed by atoms with Crippen molar-refractivity contribution in [2.45, 2.75) is 63.6 Å². The molecule has 160 valence electrons. The zero-order valence-electron chi connectivity index (χ0n) is 17.8. The Bertz CT molecular complexity index is 849. The Labute approximate surface area is 178 Å². The summed E-state index contributed by atoms with van der Waals surface area (Å²) in [5.41, 5.74) is 2.04. The molecule has 1 saturated carbocycles. The van der Waals surface area contributed by atoms with Gasteiger partial charge in [-0.1, -0.05) is 50.7 Å². The van der Waals surface area contributed by atoms with E-state index in [0.29, 0.717) is 12.5 Å². The zero-order valence-corrected chi connectivity index (χ0v) is 17.8. The summed E-state index contributed by atoms with van der Waals surface area (Å²) in [6, 6.07) is 7.84. The average molecular weight is 410 g/mol. The van der Waals surface area contributed by atoms with Gasteiger partial charge in [0.05, 0.1) is 18.7 Å². The number of aliphatic hydroxyl groups excluding tert-OH is 1. The Morgan fingerprint density at radius 1 is 1.23 bits per heavy atom. The molecule has 3 fully saturated rings. The molecule has 0 bridgehead atoms. The molecule has 0 aromatic heterocycles. The average Bonchev–Trinajstić information content (AvgIpc) is 3.21. The molecule has 6 nitrogen and oxygen atoms in total. The van der Waals surface area contributed by atoms with Crippen molar-refractivity contribution in [2.24, 2.45) is 5.92 Å². The second-order valence-electron chi connectivity index (χ2n) is 9.00. The fraction of sp³-hybridized carbons (Fsp3) is 0.583. The van der Waals surface area contributed by atoms with Crippen molar-refractivity contribution < 1.29 is 14.7 Å². The first kappa shape index (κ1) is 20.7. The molecule has 3 aliphatic rings. The normalized spacial score (nSPS) is 26.1. The summed E-state index contributed by atoms with van der Waals surface area (Å²) < 4.78 is 0. The second-order valence-corrected chi connectivity index (χ2v) is 9.00. The lowest BCUT2D eigenvalue weighted by Gasteiger charge is -2.58. The first-order valence-electron chi connectivity index (χ1n) is 11.1. The molecule has 1 aliphatic carbocycles. The Morgan fingerprint density at radius 2 is 1.93 bits per heavy atom. The number of amides is 3. The van der Waals surface area contributed by atoms with Gasteiger partial charge in [-0.3, -0.25) is 4.79 Å². The first-order valence-corrected chi connectivity index (χ1v) is 11.1. The van der Waals surface area contributed by atoms with Gasteiger partial charge in [0.25, 0.3) is 0 Å². The fourth-order valence-electron chi connectivity index (χ4n) is 5.01. The molecule has 0 spiro atoms. The van der Waals surface area contributed by atoms with E-state index in [4.69, 9.17) is 0 Å². The lowest BCUT2D eigenvalue weighted by Crippen LogP contribution is -2.74. The van der Waals surface area contributed by atoms with Crippen LogP contribution >= 0.6 is 0 Å². The maximum Gasteiger partial charge on any atom is 0.318 e. The van der Waals surface area contributed by atoms with E-state index in [1.165, 1.54) is 0 Å². The van der Waals surface area contributed by atoms with Crippen molar-refractivity contribution in [2.75, 3.05) is 19.7 Å². The summed E-state index contributed by atoms with van der Waals surface area (Å²) in [4.78, 5) is 28.9. The maximum absolute atomic E-state index is 12.7. The van der Waals surface area contributed by atoms with Crippen LogP contribution in [0.5, 0.6) is 0 Å². The molecule has 2 aliphatic heterocycles. The molecule has 3 atom stereocenters. The largest absolute Gasteiger partial charge is 0.394 e. The van der Waals surface area contributed by atoms with Crippen LogP contribution in [0.15, 0.2) is 24.3 Å². The van der Waals surface area contributed by atoms with Crippen LogP contribution in [0.3, 0.4) is 0 Å². The SMILES string of the molecule is CC(C)C#Cc1ccc([C@@H]2[C@@H](CO)N3C(=O)CN(C(=O)NC4CCCC4)C[C@H]23)cc1. The van der Waals surface area contributed by atoms with Crippen LogP contribution in [0, 0.1) is 17.8 Å². The van der Waals surface area contributed by atoms with Crippen LogP contribution in [0.2, 0.25) is 0 Å². The topological polar surface area (TPSA) is 72.9 Å². The molecule has 1 aromatic carbocycles. The molecule has 2 saturated heterocycles. The standard InChI is InChI=1S/C24H31N3O3/c1-16(2)7-8-17-9-11-18(12-10-17)23-20-13-26(14-22(29)27(20)21(23)15-28)24(30)25-19-5-3-4-6-19/h9-12,16,19-21,23,28H,3-6,13-15H2,1-2H3,(H,25,30)/t20-,21-,23+/m1/s1. The molecule has 0 radical (unpaired) electrons. The summed E-state index contributed by atoms with van der Waals surface area (Å²) in [5.74, 6) is 6.59. The Morgan fingerprint density at radius 3 is 2.57 bits per heavy atom. The summed E-state index contributed by atoms with van der Waals surface area (Å²) in [7, 11) is 0. The van der Waals surface area contributed by atoms with Gasteiger partial charge in [0.2, 0.25) is 5.91 Å². The number of aliphatic hydroxyl groups is 1. The number of benzene rings is 1. The maximum atomic E-state index is 12.7. The number of piperazine rings is 1. The van der Waals surface area contributed by atoms with Crippen LogP contribution in [0.4, 0.5) is 4.79 Å². The van der Waals surface area contributed by atoms with Gasteiger partial charge < -0.3 is 20.2 Å². The predicted molar refractivity (Wildman–Crippen MR) is 115 cm³/mol. The fourth-order valence-corrected chi connectivity index (χ4v) is 5.01. The number of fused-ring (bicyclic) bond motifs is 1. The highest BCUT2D eigenvalue weighted by atomic mass is 16.3. The van der Waals surface area contributed by atoms with Crippen LogP contribution in [-0.2, 0) is 4.79 Å². The number of carbonyl (C=O) groups is 2. The summed E-state index contributed by atoms with van der Waals surface area (Å²) in [6.07, 6.45) is 4.34. The molecule has 2 heterocycles. The Hall–Kier alpha value is -2.52. The first-order chi connectivity index (χ1) is 14.5. The van der Waals surface area contributed by atoms with Crippen molar-refractivity contribution in [3.63, 3.8) is 0 Å². The van der Waals surface area contributed by atoms with Crippen molar-refractivity contribution in [3.05, 3.63) is 35.4 Å². The monoisotopic (exact) mass is 409 g/mol. The van der Waals surface area contributed by atoms with Gasteiger partial charge in [-0.15, -0.1) is 0 Å². The lowest BCUT2D eigenvalue weighted by atomic mass is 9.73. The van der Waals surface area contributed by atoms with E-state index in [-0.39, 0.29) is 49.1 Å². The number of nitrogens with one attached hydrogen (secondary N) is 1. The number of rotatable bonds is 3. The molecule has 3 amide bonds. The molecular weight excluding hydrogens is 378 g/mol. The predicted octanol–water partition coefficient (Wildman–Crippen LogP) is 2.32. The second kappa shape index (κ2) is 8.69. The quantitative estimate of drug-likeness (QED) is 0.753. The number of nitrogens with zero attached hydrogens (tertiary/aromatic N) is 2. The number of urea groups is 1. The molecule has 1 aromatic rings. The molecule has 0 unspecified atom stereocenters. The van der Waals surface area contributed by atoms with Gasteiger partial charge in [0.15, 0.2) is 0 Å². The van der Waals surface area contributed by atoms with E-state index in [2.05, 4.69) is 31.0 Å². The van der Waals surface area contributed by atoms with E-state index in [1.807, 2.05) is 24.3 Å². The smallest absolute Gasteiger partial charge is 0.318 e. The van der Waals surface area contributed by atoms with Gasteiger partial charge in [0.1, 0.15) is 6.54 Å². The van der Waals surface area contributed by atoms with Gasteiger partial charge in [-0.25, -0.2) is 4.79 Å². The third kappa shape index (κ3) is 4.04. The van der Waals surface area contributed by atoms with Gasteiger partial charge >= 0.3 is 6.03 Å². The third-order valence-electron chi connectivity index (χ3n) is 6.52. The van der Waals surface area contributed by atoms with E-state index in [0.717, 1.165) is 36.8 Å². The molecule has 30 heavy (non-hydrogen) atoms. The summed E-state index contributed by atoms with van der Waals surface area (Å²) in [6.45, 7) is 4.63. The van der Waals surface area contributed by atoms with Crippen LogP contribution < -0.4 is 5.32 Å². The third-order valence-corrected chi connectivity index (χ3v) is 6.52. The molecule has 6 heteroatoms. The van der Waals surface area contributed by atoms with Crippen molar-refractivity contribution in [1.29, 1.82) is 0 Å². The van der Waals surface area contributed by atoms with Crippen molar-refractivity contribution in [1.82, 2.24) is 15.1 Å². The molecule has 4 rings (SSSR count). The van der Waals surface area contributed by atoms with E-state index in [1.54, 1.807) is 9.80 Å². The highest BCUT2D eigenvalue weighted by Gasteiger charge is 2.54. The van der Waals surface area contributed by atoms with Crippen LogP contribution in [0.25, 0.3) is 0 Å². The Kier molecular flexibility index (Phi) is 6.01. The van der Waals surface area contributed by atoms with Gasteiger partial charge in [-0.05, 0) is 30.5 Å². The van der Waals surface area contributed by atoms with E-state index >= 15 is 0 Å². The van der Waals surface area contributed by atoms with Crippen molar-refractivity contribution in [3.8, 4) is 11.8 Å². The summed E-state index contributed by atoms with van der Waals surface area (Å²) >= 11 is 0. The summed E-state index contributed by atoms with van der Waals surface area (Å²) in [5, 5.41) is 13.0. The highest BCUT2D eigenvalue weighted by molar-refractivity contribution is 5.87. The number of hydrogen-bond acceptors (Lipinski definition) is 3. The van der Waals surface area contributed by atoms with Crippen LogP contribution in [-0.4, -0.2) is 64.7 Å². The molecule has 2 N–H and O–H groups in total. The highest BCUT2D eigenvalue weighted by Crippen LogP contribution is 2.42. The van der Waals surface area contributed by atoms with E-state index in [9.17, 15) is 14.7 Å². The number of carbonyl (C=O) groups excluding carboxylic acids is 2. The van der Waals surface area contributed by atoms with Crippen molar-refractivity contribution >= 4 is 11.9 Å². The Balaban J connectivity index is 1.48. The van der Waals surface area contributed by atoms with Gasteiger partial charge in [0, 0.05) is 30.0 Å². The van der Waals surface area contributed by atoms with E-state index < -0.39 is 0 Å². The van der Waals surface area contributed by atoms with Gasteiger partial charge in [-0.2, -0.15) is 0 Å².